The van der Waals surface area contributed by atoms with Crippen molar-refractivity contribution in [2.45, 2.75) is 26.2 Å². The van der Waals surface area contributed by atoms with Gasteiger partial charge >= 0.3 is 0 Å². The van der Waals surface area contributed by atoms with Gasteiger partial charge < -0.3 is 15.5 Å². The lowest BCUT2D eigenvalue weighted by Gasteiger charge is -2.30. The summed E-state index contributed by atoms with van der Waals surface area (Å²) < 4.78 is 0. The summed E-state index contributed by atoms with van der Waals surface area (Å²) in [7, 11) is 1.84. The Balaban J connectivity index is 0.00000242. The lowest BCUT2D eigenvalue weighted by atomic mass is 10.0. The molecule has 2 rings (SSSR count). The van der Waals surface area contributed by atoms with E-state index < -0.39 is 0 Å². The van der Waals surface area contributed by atoms with Crippen LogP contribution in [-0.4, -0.2) is 50.6 Å². The first-order valence-corrected chi connectivity index (χ1v) is 8.85. The molecule has 1 aliphatic heterocycles. The first-order valence-electron chi connectivity index (χ1n) is 7.97. The predicted molar refractivity (Wildman–Crippen MR) is 108 cm³/mol. The highest BCUT2D eigenvalue weighted by molar-refractivity contribution is 14.0. The zero-order valence-corrected chi connectivity index (χ0v) is 16.8. The highest BCUT2D eigenvalue weighted by Gasteiger charge is 2.15. The lowest BCUT2D eigenvalue weighted by Crippen LogP contribution is -2.44. The van der Waals surface area contributed by atoms with Gasteiger partial charge in [0, 0.05) is 38.1 Å². The van der Waals surface area contributed by atoms with Crippen LogP contribution in [0.1, 0.15) is 24.6 Å². The zero-order chi connectivity index (χ0) is 14.9. The van der Waals surface area contributed by atoms with Gasteiger partial charge in [-0.15, -0.1) is 35.3 Å². The molecule has 22 heavy (non-hydrogen) atoms. The Hall–Kier alpha value is -0.340. The van der Waals surface area contributed by atoms with E-state index in [9.17, 15) is 0 Å². The molecule has 4 nitrogen and oxygen atoms in total. The van der Waals surface area contributed by atoms with Gasteiger partial charge in [-0.2, -0.15) is 0 Å². The molecule has 0 saturated carbocycles. The van der Waals surface area contributed by atoms with Crippen molar-refractivity contribution in [3.05, 3.63) is 22.4 Å². The van der Waals surface area contributed by atoms with Gasteiger partial charge in [0.25, 0.3) is 0 Å². The molecule has 0 bridgehead atoms. The van der Waals surface area contributed by atoms with Crippen LogP contribution in [0.15, 0.2) is 22.5 Å². The molecule has 1 aromatic heterocycles. The van der Waals surface area contributed by atoms with Gasteiger partial charge in [-0.1, -0.05) is 13.0 Å². The monoisotopic (exact) mass is 436 g/mol. The average Bonchev–Trinajstić information content (AvgIpc) is 2.99. The molecule has 6 heteroatoms. The van der Waals surface area contributed by atoms with E-state index in [1.54, 1.807) is 0 Å². The Kier molecular flexibility index (Phi) is 10.1. The number of rotatable bonds is 6. The van der Waals surface area contributed by atoms with E-state index in [1.165, 1.54) is 30.8 Å². The summed E-state index contributed by atoms with van der Waals surface area (Å²) in [5.41, 5.74) is 0. The maximum atomic E-state index is 4.28. The first kappa shape index (κ1) is 19.7. The highest BCUT2D eigenvalue weighted by atomic mass is 127. The lowest BCUT2D eigenvalue weighted by molar-refractivity contribution is 0.187. The molecule has 0 amide bonds. The molecule has 126 valence electrons. The van der Waals surface area contributed by atoms with Crippen molar-refractivity contribution in [3.8, 4) is 0 Å². The minimum Gasteiger partial charge on any atom is -0.356 e. The van der Waals surface area contributed by atoms with E-state index in [-0.39, 0.29) is 24.0 Å². The first-order chi connectivity index (χ1) is 10.3. The summed E-state index contributed by atoms with van der Waals surface area (Å²) >= 11 is 1.81. The number of hydrogen-bond acceptors (Lipinski definition) is 3. The Morgan fingerprint density at radius 2 is 2.23 bits per heavy atom. The van der Waals surface area contributed by atoms with Crippen molar-refractivity contribution < 1.29 is 0 Å². The van der Waals surface area contributed by atoms with Gasteiger partial charge in [-0.3, -0.25) is 4.99 Å². The smallest absolute Gasteiger partial charge is 0.191 e. The fraction of sp³-hybridized carbons (Fsp3) is 0.688. The summed E-state index contributed by atoms with van der Waals surface area (Å²) in [5.74, 6) is 1.76. The Labute approximate surface area is 155 Å². The number of guanidine groups is 1. The molecule has 2 heterocycles. The second-order valence-corrected chi connectivity index (χ2v) is 6.84. The predicted octanol–water partition coefficient (Wildman–Crippen LogP) is 2.81. The van der Waals surface area contributed by atoms with Crippen molar-refractivity contribution >= 4 is 41.3 Å². The average molecular weight is 436 g/mol. The largest absolute Gasteiger partial charge is 0.356 e. The fourth-order valence-electron chi connectivity index (χ4n) is 2.80. The van der Waals surface area contributed by atoms with Crippen molar-refractivity contribution in [2.75, 3.05) is 39.8 Å². The molecule has 0 radical (unpaired) electrons. The molecule has 1 fully saturated rings. The zero-order valence-electron chi connectivity index (χ0n) is 13.7. The van der Waals surface area contributed by atoms with Crippen molar-refractivity contribution in [2.24, 2.45) is 10.9 Å². The number of hydrogen-bond donors (Lipinski definition) is 2. The molecule has 1 saturated heterocycles. The molecular weight excluding hydrogens is 407 g/mol. The van der Waals surface area contributed by atoms with Crippen LogP contribution in [0.4, 0.5) is 0 Å². The number of likely N-dealkylation sites (tertiary alicyclic amines) is 1. The molecule has 1 atom stereocenters. The molecule has 1 aromatic rings. The summed E-state index contributed by atoms with van der Waals surface area (Å²) in [4.78, 5) is 8.26. The van der Waals surface area contributed by atoms with E-state index in [2.05, 4.69) is 45.0 Å². The topological polar surface area (TPSA) is 39.7 Å². The summed E-state index contributed by atoms with van der Waals surface area (Å²) in [6.45, 7) is 7.84. The van der Waals surface area contributed by atoms with Crippen LogP contribution in [-0.2, 0) is 6.42 Å². The Morgan fingerprint density at radius 3 is 2.91 bits per heavy atom. The summed E-state index contributed by atoms with van der Waals surface area (Å²) in [5, 5.41) is 8.92. The normalized spacial score (nSPS) is 19.5. The quantitative estimate of drug-likeness (QED) is 0.409. The van der Waals surface area contributed by atoms with Gasteiger partial charge in [-0.05, 0) is 43.2 Å². The molecule has 1 unspecified atom stereocenters. The number of halogens is 1. The number of thiophene rings is 1. The van der Waals surface area contributed by atoms with Crippen LogP contribution in [0.5, 0.6) is 0 Å². The Bertz CT molecular complexity index is 422. The number of aliphatic imine (C=N–C) groups is 1. The van der Waals surface area contributed by atoms with Crippen molar-refractivity contribution in [1.29, 1.82) is 0 Å². The van der Waals surface area contributed by atoms with Gasteiger partial charge in [0.15, 0.2) is 5.96 Å². The SMILES string of the molecule is CN=C(NCCc1cccs1)NCCN1CCCC(C)C1.I. The van der Waals surface area contributed by atoms with E-state index in [0.29, 0.717) is 0 Å². The van der Waals surface area contributed by atoms with E-state index in [1.807, 2.05) is 18.4 Å². The van der Waals surface area contributed by atoms with Gasteiger partial charge in [0.1, 0.15) is 0 Å². The second-order valence-electron chi connectivity index (χ2n) is 5.80. The minimum atomic E-state index is 0. The van der Waals surface area contributed by atoms with Gasteiger partial charge in [0.05, 0.1) is 0 Å². The van der Waals surface area contributed by atoms with Crippen LogP contribution in [0.25, 0.3) is 0 Å². The van der Waals surface area contributed by atoms with Crippen LogP contribution in [0, 0.1) is 5.92 Å². The minimum absolute atomic E-state index is 0. The third-order valence-corrected chi connectivity index (χ3v) is 4.87. The molecule has 2 N–H and O–H groups in total. The van der Waals surface area contributed by atoms with Gasteiger partial charge in [0.2, 0.25) is 0 Å². The molecule has 0 spiro atoms. The van der Waals surface area contributed by atoms with Gasteiger partial charge in [-0.25, -0.2) is 0 Å². The maximum Gasteiger partial charge on any atom is 0.191 e. The molecule has 0 aromatic carbocycles. The van der Waals surface area contributed by atoms with E-state index in [0.717, 1.165) is 37.9 Å². The van der Waals surface area contributed by atoms with Crippen molar-refractivity contribution in [3.63, 3.8) is 0 Å². The number of piperidine rings is 1. The second kappa shape index (κ2) is 11.2. The van der Waals surface area contributed by atoms with E-state index >= 15 is 0 Å². The van der Waals surface area contributed by atoms with Crippen molar-refractivity contribution in [1.82, 2.24) is 15.5 Å². The number of nitrogens with one attached hydrogen (secondary N) is 2. The third kappa shape index (κ3) is 7.28. The molecular formula is C16H29IN4S. The fourth-order valence-corrected chi connectivity index (χ4v) is 3.51. The molecule has 0 aliphatic carbocycles. The van der Waals surface area contributed by atoms with Crippen LogP contribution >= 0.6 is 35.3 Å². The molecule has 1 aliphatic rings. The highest BCUT2D eigenvalue weighted by Crippen LogP contribution is 2.14. The maximum absolute atomic E-state index is 4.28. The Morgan fingerprint density at radius 1 is 1.41 bits per heavy atom. The summed E-state index contributed by atoms with van der Waals surface area (Å²) in [6, 6.07) is 4.28. The van der Waals surface area contributed by atoms with Crippen LogP contribution in [0.3, 0.4) is 0 Å². The standard InChI is InChI=1S/C16H28N4S.HI/c1-14-5-3-10-20(13-14)11-9-19-16(17-2)18-8-7-15-6-4-12-21-15;/h4,6,12,14H,3,5,7-11,13H2,1-2H3,(H2,17,18,19);1H. The van der Waals surface area contributed by atoms with E-state index in [4.69, 9.17) is 0 Å². The third-order valence-electron chi connectivity index (χ3n) is 3.93. The van der Waals surface area contributed by atoms with Crippen LogP contribution in [0.2, 0.25) is 0 Å². The number of nitrogens with zero attached hydrogens (tertiary/aromatic N) is 2. The summed E-state index contributed by atoms with van der Waals surface area (Å²) in [6.07, 6.45) is 3.78. The van der Waals surface area contributed by atoms with Crippen LogP contribution < -0.4 is 10.6 Å².